The average Bonchev–Trinajstić information content (AvgIpc) is 3.15. The molecule has 152 valence electrons. The molecule has 1 heterocycles. The molecule has 0 saturated carbocycles. The van der Waals surface area contributed by atoms with Crippen LogP contribution in [-0.2, 0) is 17.9 Å². The lowest BCUT2D eigenvalue weighted by Gasteiger charge is -2.15. The summed E-state index contributed by atoms with van der Waals surface area (Å²) in [6, 6.07) is 17.8. The lowest BCUT2D eigenvalue weighted by Crippen LogP contribution is -2.24. The van der Waals surface area contributed by atoms with Crippen LogP contribution in [-0.4, -0.2) is 26.4 Å². The van der Waals surface area contributed by atoms with Crippen molar-refractivity contribution < 1.29 is 9.53 Å². The van der Waals surface area contributed by atoms with E-state index in [1.807, 2.05) is 79.9 Å². The van der Waals surface area contributed by atoms with E-state index in [-0.39, 0.29) is 17.8 Å². The van der Waals surface area contributed by atoms with Gasteiger partial charge in [-0.3, -0.25) is 4.79 Å². The predicted octanol–water partition coefficient (Wildman–Crippen LogP) is 4.15. The molecule has 0 unspecified atom stereocenters. The summed E-state index contributed by atoms with van der Waals surface area (Å²) in [7, 11) is 0. The number of aromatic nitrogens is 3. The highest BCUT2D eigenvalue weighted by Crippen LogP contribution is 2.24. The standard InChI is InChI=1S/C22H26N4O2S/c1-4-26-21(17(3)28-19-8-6-5-7-9-19)24-25-22(26)29-15-20(27)23-14-18-12-10-16(2)11-13-18/h5-13,17H,4,14-15H2,1-3H3,(H,23,27)/t17-/m0/s1. The molecule has 6 nitrogen and oxygen atoms in total. The van der Waals surface area contributed by atoms with Crippen molar-refractivity contribution in [3.8, 4) is 5.75 Å². The largest absolute Gasteiger partial charge is 0.483 e. The molecule has 7 heteroatoms. The van der Waals surface area contributed by atoms with E-state index in [9.17, 15) is 4.79 Å². The van der Waals surface area contributed by atoms with Gasteiger partial charge in [0.1, 0.15) is 5.75 Å². The van der Waals surface area contributed by atoms with Gasteiger partial charge in [0.25, 0.3) is 0 Å². The van der Waals surface area contributed by atoms with E-state index in [1.165, 1.54) is 17.3 Å². The number of nitrogens with one attached hydrogen (secondary N) is 1. The van der Waals surface area contributed by atoms with Gasteiger partial charge in [-0.05, 0) is 38.5 Å². The molecule has 0 aliphatic carbocycles. The molecular weight excluding hydrogens is 384 g/mol. The molecule has 29 heavy (non-hydrogen) atoms. The molecule has 1 atom stereocenters. The third-order valence-electron chi connectivity index (χ3n) is 4.42. The second-order valence-corrected chi connectivity index (χ2v) is 7.65. The SMILES string of the molecule is CCn1c(SCC(=O)NCc2ccc(C)cc2)nnc1[C@H](C)Oc1ccccc1. The molecule has 3 aromatic rings. The van der Waals surface area contributed by atoms with Crippen LogP contribution in [0.4, 0.5) is 0 Å². The van der Waals surface area contributed by atoms with Crippen LogP contribution in [0.2, 0.25) is 0 Å². The van der Waals surface area contributed by atoms with E-state index in [1.54, 1.807) is 0 Å². The molecule has 0 aliphatic heterocycles. The van der Waals surface area contributed by atoms with Gasteiger partial charge >= 0.3 is 0 Å². The summed E-state index contributed by atoms with van der Waals surface area (Å²) in [6.07, 6.45) is -0.241. The highest BCUT2D eigenvalue weighted by molar-refractivity contribution is 7.99. The molecule has 1 N–H and O–H groups in total. The third kappa shape index (κ3) is 5.84. The van der Waals surface area contributed by atoms with Crippen LogP contribution in [0.25, 0.3) is 0 Å². The van der Waals surface area contributed by atoms with Crippen LogP contribution in [0.5, 0.6) is 5.75 Å². The number of thioether (sulfide) groups is 1. The van der Waals surface area contributed by atoms with Crippen LogP contribution in [0.15, 0.2) is 59.8 Å². The van der Waals surface area contributed by atoms with Gasteiger partial charge in [-0.1, -0.05) is 59.8 Å². The fraction of sp³-hybridized carbons (Fsp3) is 0.318. The zero-order chi connectivity index (χ0) is 20.6. The lowest BCUT2D eigenvalue weighted by atomic mass is 10.1. The molecule has 0 spiro atoms. The molecule has 0 fully saturated rings. The molecule has 0 radical (unpaired) electrons. The summed E-state index contributed by atoms with van der Waals surface area (Å²) < 4.78 is 7.96. The van der Waals surface area contributed by atoms with Crippen molar-refractivity contribution in [1.29, 1.82) is 0 Å². The summed E-state index contributed by atoms with van der Waals surface area (Å²) in [5.41, 5.74) is 2.29. The predicted molar refractivity (Wildman–Crippen MR) is 115 cm³/mol. The van der Waals surface area contributed by atoms with Crippen molar-refractivity contribution in [2.24, 2.45) is 0 Å². The summed E-state index contributed by atoms with van der Waals surface area (Å²) in [5, 5.41) is 12.2. The van der Waals surface area contributed by atoms with Gasteiger partial charge < -0.3 is 14.6 Å². The second-order valence-electron chi connectivity index (χ2n) is 6.71. The van der Waals surface area contributed by atoms with Crippen LogP contribution in [0, 0.1) is 6.92 Å². The van der Waals surface area contributed by atoms with Crippen molar-refractivity contribution in [3.63, 3.8) is 0 Å². The average molecular weight is 411 g/mol. The smallest absolute Gasteiger partial charge is 0.230 e. The summed E-state index contributed by atoms with van der Waals surface area (Å²) in [6.45, 7) is 7.25. The number of benzene rings is 2. The minimum Gasteiger partial charge on any atom is -0.483 e. The first-order chi connectivity index (χ1) is 14.1. The number of ether oxygens (including phenoxy) is 1. The summed E-state index contributed by atoms with van der Waals surface area (Å²) in [4.78, 5) is 12.2. The Labute approximate surface area is 175 Å². The van der Waals surface area contributed by atoms with E-state index < -0.39 is 0 Å². The molecule has 0 bridgehead atoms. The molecule has 3 rings (SSSR count). The van der Waals surface area contributed by atoms with E-state index in [0.717, 1.165) is 22.3 Å². The van der Waals surface area contributed by atoms with Crippen LogP contribution in [0.1, 0.15) is 36.9 Å². The maximum atomic E-state index is 12.2. The first-order valence-corrected chi connectivity index (χ1v) is 10.6. The highest BCUT2D eigenvalue weighted by atomic mass is 32.2. The van der Waals surface area contributed by atoms with Gasteiger partial charge in [0.05, 0.1) is 5.75 Å². The number of nitrogens with zero attached hydrogens (tertiary/aromatic N) is 3. The normalized spacial score (nSPS) is 11.8. The van der Waals surface area contributed by atoms with Crippen molar-refractivity contribution in [2.75, 3.05) is 5.75 Å². The fourth-order valence-corrected chi connectivity index (χ4v) is 3.69. The number of carbonyl (C=O) groups excluding carboxylic acids is 1. The molecule has 0 aliphatic rings. The fourth-order valence-electron chi connectivity index (χ4n) is 2.85. The first kappa shape index (κ1) is 20.9. The molecule has 1 aromatic heterocycles. The van der Waals surface area contributed by atoms with Gasteiger partial charge in [0.2, 0.25) is 5.91 Å². The minimum absolute atomic E-state index is 0.0311. The Morgan fingerprint density at radius 2 is 1.86 bits per heavy atom. The van der Waals surface area contributed by atoms with E-state index in [4.69, 9.17) is 4.74 Å². The zero-order valence-corrected chi connectivity index (χ0v) is 17.8. The summed E-state index contributed by atoms with van der Waals surface area (Å²) >= 11 is 1.38. The zero-order valence-electron chi connectivity index (χ0n) is 17.0. The van der Waals surface area contributed by atoms with Crippen molar-refractivity contribution in [1.82, 2.24) is 20.1 Å². The van der Waals surface area contributed by atoms with E-state index >= 15 is 0 Å². The van der Waals surface area contributed by atoms with Gasteiger partial charge in [-0.2, -0.15) is 0 Å². The Morgan fingerprint density at radius 1 is 1.14 bits per heavy atom. The Kier molecular flexibility index (Phi) is 7.30. The van der Waals surface area contributed by atoms with Crippen molar-refractivity contribution in [2.45, 2.75) is 45.1 Å². The lowest BCUT2D eigenvalue weighted by molar-refractivity contribution is -0.118. The molecular formula is C22H26N4O2S. The van der Waals surface area contributed by atoms with E-state index in [0.29, 0.717) is 13.1 Å². The number of carbonyl (C=O) groups is 1. The first-order valence-electron chi connectivity index (χ1n) is 9.66. The van der Waals surface area contributed by atoms with Crippen LogP contribution in [0.3, 0.4) is 0 Å². The Balaban J connectivity index is 1.55. The highest BCUT2D eigenvalue weighted by Gasteiger charge is 2.19. The third-order valence-corrected chi connectivity index (χ3v) is 5.39. The van der Waals surface area contributed by atoms with Crippen LogP contribution >= 0.6 is 11.8 Å². The Morgan fingerprint density at radius 3 is 2.55 bits per heavy atom. The maximum Gasteiger partial charge on any atom is 0.230 e. The Hall–Kier alpha value is -2.80. The number of para-hydroxylation sites is 1. The maximum absolute atomic E-state index is 12.2. The van der Waals surface area contributed by atoms with Gasteiger partial charge in [0.15, 0.2) is 17.1 Å². The monoisotopic (exact) mass is 410 g/mol. The summed E-state index contributed by atoms with van der Waals surface area (Å²) in [5.74, 6) is 1.79. The number of hydrogen-bond acceptors (Lipinski definition) is 5. The van der Waals surface area contributed by atoms with Gasteiger partial charge in [-0.15, -0.1) is 10.2 Å². The molecule has 1 amide bonds. The second kappa shape index (κ2) is 10.1. The molecule has 0 saturated heterocycles. The molecule has 2 aromatic carbocycles. The van der Waals surface area contributed by atoms with Crippen molar-refractivity contribution >= 4 is 17.7 Å². The van der Waals surface area contributed by atoms with Crippen LogP contribution < -0.4 is 10.1 Å². The van der Waals surface area contributed by atoms with Gasteiger partial charge in [-0.25, -0.2) is 0 Å². The van der Waals surface area contributed by atoms with Crippen molar-refractivity contribution in [3.05, 3.63) is 71.5 Å². The number of hydrogen-bond donors (Lipinski definition) is 1. The number of amides is 1. The van der Waals surface area contributed by atoms with Gasteiger partial charge in [0, 0.05) is 13.1 Å². The van der Waals surface area contributed by atoms with E-state index in [2.05, 4.69) is 15.5 Å². The minimum atomic E-state index is -0.241. The topological polar surface area (TPSA) is 69.0 Å². The number of aryl methyl sites for hydroxylation is 1. The quantitative estimate of drug-likeness (QED) is 0.537. The number of rotatable bonds is 9. The Bertz CT molecular complexity index is 926.